The minimum atomic E-state index is 0.258. The number of hydrogen-bond acceptors (Lipinski definition) is 5. The largest absolute Gasteiger partial charge is 0.474 e. The number of aromatic nitrogens is 4. The van der Waals surface area contributed by atoms with Crippen LogP contribution in [0.4, 0.5) is 5.95 Å². The minimum Gasteiger partial charge on any atom is -0.474 e. The Labute approximate surface area is 118 Å². The molecule has 0 spiro atoms. The SMILES string of the molecule is CCNc1nc(OC2CCC(C)CC2)c2cn[nH]c2n1. The van der Waals surface area contributed by atoms with Gasteiger partial charge in [-0.2, -0.15) is 15.1 Å². The molecule has 1 aliphatic rings. The highest BCUT2D eigenvalue weighted by Crippen LogP contribution is 2.29. The van der Waals surface area contributed by atoms with Crippen LogP contribution in [0.15, 0.2) is 6.20 Å². The zero-order chi connectivity index (χ0) is 13.9. The summed E-state index contributed by atoms with van der Waals surface area (Å²) in [5, 5.41) is 10.9. The normalized spacial score (nSPS) is 22.9. The van der Waals surface area contributed by atoms with Crippen molar-refractivity contribution in [1.82, 2.24) is 20.2 Å². The van der Waals surface area contributed by atoms with Crippen molar-refractivity contribution in [2.75, 3.05) is 11.9 Å². The van der Waals surface area contributed by atoms with Gasteiger partial charge in [0, 0.05) is 6.54 Å². The molecule has 0 aromatic carbocycles. The van der Waals surface area contributed by atoms with Gasteiger partial charge in [-0.15, -0.1) is 0 Å². The van der Waals surface area contributed by atoms with Crippen LogP contribution >= 0.6 is 0 Å². The lowest BCUT2D eigenvalue weighted by molar-refractivity contribution is 0.132. The molecule has 1 saturated carbocycles. The molecule has 20 heavy (non-hydrogen) atoms. The monoisotopic (exact) mass is 275 g/mol. The van der Waals surface area contributed by atoms with Gasteiger partial charge < -0.3 is 10.1 Å². The van der Waals surface area contributed by atoms with Gasteiger partial charge in [0.15, 0.2) is 5.65 Å². The number of H-pyrrole nitrogens is 1. The molecule has 0 bridgehead atoms. The predicted octanol–water partition coefficient (Wildman–Crippen LogP) is 2.74. The summed E-state index contributed by atoms with van der Waals surface area (Å²) in [7, 11) is 0. The molecule has 2 heterocycles. The standard InChI is InChI=1S/C14H21N5O/c1-3-15-14-17-12-11(8-16-19-12)13(18-14)20-10-6-4-9(2)5-7-10/h8-10H,3-7H2,1-2H3,(H2,15,16,17,18,19). The minimum absolute atomic E-state index is 0.258. The van der Waals surface area contributed by atoms with Gasteiger partial charge in [0.05, 0.1) is 6.20 Å². The first-order chi connectivity index (χ1) is 9.76. The van der Waals surface area contributed by atoms with Crippen LogP contribution in [-0.2, 0) is 0 Å². The van der Waals surface area contributed by atoms with E-state index in [1.54, 1.807) is 6.20 Å². The molecule has 0 amide bonds. The number of nitrogens with zero attached hydrogens (tertiary/aromatic N) is 3. The summed E-state index contributed by atoms with van der Waals surface area (Å²) in [4.78, 5) is 8.84. The zero-order valence-electron chi connectivity index (χ0n) is 12.0. The van der Waals surface area contributed by atoms with Crippen molar-refractivity contribution in [1.29, 1.82) is 0 Å². The molecule has 0 atom stereocenters. The number of rotatable bonds is 4. The molecule has 0 saturated heterocycles. The molecule has 6 heteroatoms. The highest BCUT2D eigenvalue weighted by Gasteiger charge is 2.21. The van der Waals surface area contributed by atoms with Crippen molar-refractivity contribution in [3.05, 3.63) is 6.20 Å². The summed E-state index contributed by atoms with van der Waals surface area (Å²) in [5.41, 5.74) is 0.718. The summed E-state index contributed by atoms with van der Waals surface area (Å²) < 4.78 is 6.11. The lowest BCUT2D eigenvalue weighted by Crippen LogP contribution is -2.23. The summed E-state index contributed by atoms with van der Waals surface area (Å²) >= 11 is 0. The van der Waals surface area contributed by atoms with Gasteiger partial charge in [0.25, 0.3) is 0 Å². The first-order valence-corrected chi connectivity index (χ1v) is 7.38. The first kappa shape index (κ1) is 13.1. The van der Waals surface area contributed by atoms with Gasteiger partial charge in [-0.3, -0.25) is 5.10 Å². The fourth-order valence-electron chi connectivity index (χ4n) is 2.64. The number of aromatic amines is 1. The predicted molar refractivity (Wildman–Crippen MR) is 77.9 cm³/mol. The summed E-state index contributed by atoms with van der Waals surface area (Å²) in [6, 6.07) is 0. The van der Waals surface area contributed by atoms with E-state index in [1.165, 1.54) is 12.8 Å². The van der Waals surface area contributed by atoms with Crippen LogP contribution < -0.4 is 10.1 Å². The molecule has 6 nitrogen and oxygen atoms in total. The van der Waals surface area contributed by atoms with Crippen molar-refractivity contribution in [2.45, 2.75) is 45.6 Å². The van der Waals surface area contributed by atoms with Crippen LogP contribution in [0.2, 0.25) is 0 Å². The average Bonchev–Trinajstić information content (AvgIpc) is 2.90. The van der Waals surface area contributed by atoms with Gasteiger partial charge in [-0.05, 0) is 38.5 Å². The van der Waals surface area contributed by atoms with E-state index in [-0.39, 0.29) is 6.10 Å². The zero-order valence-corrected chi connectivity index (χ0v) is 12.0. The van der Waals surface area contributed by atoms with Crippen LogP contribution in [-0.4, -0.2) is 32.8 Å². The third kappa shape index (κ3) is 2.69. The Kier molecular flexibility index (Phi) is 3.71. The number of fused-ring (bicyclic) bond motifs is 1. The number of ether oxygens (including phenoxy) is 1. The van der Waals surface area contributed by atoms with Crippen LogP contribution in [0.1, 0.15) is 39.5 Å². The second-order valence-electron chi connectivity index (χ2n) is 5.51. The van der Waals surface area contributed by atoms with Gasteiger partial charge in [0.1, 0.15) is 11.5 Å². The second-order valence-corrected chi connectivity index (χ2v) is 5.51. The molecular weight excluding hydrogens is 254 g/mol. The van der Waals surface area contributed by atoms with Crippen LogP contribution in [0.3, 0.4) is 0 Å². The Morgan fingerprint density at radius 3 is 2.85 bits per heavy atom. The Balaban J connectivity index is 1.83. The molecule has 0 unspecified atom stereocenters. The second kappa shape index (κ2) is 5.64. The van der Waals surface area contributed by atoms with Crippen molar-refractivity contribution in [3.63, 3.8) is 0 Å². The van der Waals surface area contributed by atoms with Gasteiger partial charge >= 0.3 is 0 Å². The maximum absolute atomic E-state index is 6.11. The first-order valence-electron chi connectivity index (χ1n) is 7.38. The average molecular weight is 275 g/mol. The van der Waals surface area contributed by atoms with E-state index in [0.717, 1.165) is 36.3 Å². The maximum Gasteiger partial charge on any atom is 0.229 e. The third-order valence-corrected chi connectivity index (χ3v) is 3.85. The molecule has 0 aliphatic heterocycles. The molecule has 1 fully saturated rings. The van der Waals surface area contributed by atoms with Crippen molar-refractivity contribution in [2.24, 2.45) is 5.92 Å². The molecular formula is C14H21N5O. The van der Waals surface area contributed by atoms with E-state index in [4.69, 9.17) is 4.74 Å². The van der Waals surface area contributed by atoms with Gasteiger partial charge in [0.2, 0.25) is 11.8 Å². The number of hydrogen-bond donors (Lipinski definition) is 2. The van der Waals surface area contributed by atoms with Crippen LogP contribution in [0.5, 0.6) is 5.88 Å². The molecule has 1 aliphatic carbocycles. The molecule has 2 aromatic rings. The van der Waals surface area contributed by atoms with Gasteiger partial charge in [-0.1, -0.05) is 6.92 Å². The Bertz CT molecular complexity index is 574. The lowest BCUT2D eigenvalue weighted by Gasteiger charge is -2.26. The highest BCUT2D eigenvalue weighted by atomic mass is 16.5. The number of anilines is 1. The lowest BCUT2D eigenvalue weighted by atomic mass is 9.89. The van der Waals surface area contributed by atoms with E-state index >= 15 is 0 Å². The van der Waals surface area contributed by atoms with E-state index in [1.807, 2.05) is 6.92 Å². The Hall–Kier alpha value is -1.85. The fraction of sp³-hybridized carbons (Fsp3) is 0.643. The fourth-order valence-corrected chi connectivity index (χ4v) is 2.64. The highest BCUT2D eigenvalue weighted by molar-refractivity contribution is 5.80. The van der Waals surface area contributed by atoms with Crippen molar-refractivity contribution in [3.8, 4) is 5.88 Å². The van der Waals surface area contributed by atoms with Crippen molar-refractivity contribution >= 4 is 17.0 Å². The van der Waals surface area contributed by atoms with E-state index in [9.17, 15) is 0 Å². The number of nitrogens with one attached hydrogen (secondary N) is 2. The molecule has 108 valence electrons. The molecule has 2 N–H and O–H groups in total. The van der Waals surface area contributed by atoms with E-state index < -0.39 is 0 Å². The van der Waals surface area contributed by atoms with Crippen molar-refractivity contribution < 1.29 is 4.74 Å². The van der Waals surface area contributed by atoms with E-state index in [0.29, 0.717) is 11.8 Å². The molecule has 0 radical (unpaired) electrons. The Morgan fingerprint density at radius 2 is 2.10 bits per heavy atom. The smallest absolute Gasteiger partial charge is 0.229 e. The van der Waals surface area contributed by atoms with Crippen LogP contribution in [0.25, 0.3) is 11.0 Å². The molecule has 2 aromatic heterocycles. The summed E-state index contributed by atoms with van der Waals surface area (Å²) in [5.74, 6) is 2.04. The van der Waals surface area contributed by atoms with E-state index in [2.05, 4.69) is 32.4 Å². The quantitative estimate of drug-likeness (QED) is 0.897. The topological polar surface area (TPSA) is 75.7 Å². The summed E-state index contributed by atoms with van der Waals surface area (Å²) in [6.07, 6.45) is 6.64. The summed E-state index contributed by atoms with van der Waals surface area (Å²) in [6.45, 7) is 5.10. The Morgan fingerprint density at radius 1 is 1.30 bits per heavy atom. The molecule has 3 rings (SSSR count). The van der Waals surface area contributed by atoms with Crippen LogP contribution in [0, 0.1) is 5.92 Å². The third-order valence-electron chi connectivity index (χ3n) is 3.85. The van der Waals surface area contributed by atoms with Gasteiger partial charge in [-0.25, -0.2) is 0 Å². The maximum atomic E-state index is 6.11.